The summed E-state index contributed by atoms with van der Waals surface area (Å²) >= 11 is 0. The normalized spacial score (nSPS) is 26.7. The number of carbonyl (C=O) groups excluding carboxylic acids is 2. The fourth-order valence-corrected chi connectivity index (χ4v) is 4.88. The Morgan fingerprint density at radius 2 is 2.07 bits per heavy atom. The number of nitrogens with zero attached hydrogens (tertiary/aromatic N) is 2. The van der Waals surface area contributed by atoms with Crippen LogP contribution in [-0.2, 0) is 16.1 Å². The third-order valence-corrected chi connectivity index (χ3v) is 6.15. The Morgan fingerprint density at radius 1 is 1.28 bits per heavy atom. The van der Waals surface area contributed by atoms with Crippen molar-refractivity contribution < 1.29 is 23.8 Å². The molecule has 3 atom stereocenters. The summed E-state index contributed by atoms with van der Waals surface area (Å²) in [4.78, 5) is 28.5. The predicted molar refractivity (Wildman–Crippen MR) is 100 cm³/mol. The van der Waals surface area contributed by atoms with E-state index in [0.29, 0.717) is 30.0 Å². The molecule has 2 bridgehead atoms. The van der Waals surface area contributed by atoms with Crippen LogP contribution in [0, 0.1) is 17.2 Å². The number of methoxy groups -OCH3 is 1. The summed E-state index contributed by atoms with van der Waals surface area (Å²) in [7, 11) is 1.26. The third kappa shape index (κ3) is 2.26. The second-order valence-electron chi connectivity index (χ2n) is 7.42. The smallest absolute Gasteiger partial charge is 0.335 e. The van der Waals surface area contributed by atoms with Gasteiger partial charge in [0.25, 0.3) is 0 Å². The van der Waals surface area contributed by atoms with Crippen LogP contribution in [0.25, 0.3) is 0 Å². The molecule has 7 nitrogen and oxygen atoms in total. The van der Waals surface area contributed by atoms with Crippen molar-refractivity contribution in [2.45, 2.75) is 24.5 Å². The first kappa shape index (κ1) is 17.7. The Balaban J connectivity index is 1.66. The molecule has 0 saturated carbocycles. The highest BCUT2D eigenvalue weighted by Gasteiger charge is 2.67. The zero-order chi connectivity index (χ0) is 20.2. The maximum Gasteiger partial charge on any atom is 0.335 e. The number of ketones is 1. The van der Waals surface area contributed by atoms with E-state index in [-0.39, 0.29) is 18.6 Å². The minimum Gasteiger partial charge on any atom is -0.467 e. The van der Waals surface area contributed by atoms with E-state index in [9.17, 15) is 14.9 Å². The molecular formula is C22H18N2O5. The second-order valence-corrected chi connectivity index (χ2v) is 7.42. The largest absolute Gasteiger partial charge is 0.467 e. The van der Waals surface area contributed by atoms with Crippen molar-refractivity contribution in [2.24, 2.45) is 5.92 Å². The van der Waals surface area contributed by atoms with Gasteiger partial charge in [0.1, 0.15) is 0 Å². The summed E-state index contributed by atoms with van der Waals surface area (Å²) in [6.45, 7) is 0.467. The maximum absolute atomic E-state index is 13.6. The molecule has 0 aliphatic carbocycles. The highest BCUT2D eigenvalue weighted by Crippen LogP contribution is 2.54. The lowest BCUT2D eigenvalue weighted by Crippen LogP contribution is -2.62. The lowest BCUT2D eigenvalue weighted by atomic mass is 9.78. The van der Waals surface area contributed by atoms with Gasteiger partial charge in [0.2, 0.25) is 6.79 Å². The minimum absolute atomic E-state index is 0.166. The SMILES string of the molecule is COC(=O)[C@]12C(=O)c3ccccc3[C@H](C[C@@H]1C#N)N2Cc1ccc2c(c1)OCO2. The quantitative estimate of drug-likeness (QED) is 0.588. The van der Waals surface area contributed by atoms with Gasteiger partial charge >= 0.3 is 5.97 Å². The minimum atomic E-state index is -1.65. The van der Waals surface area contributed by atoms with E-state index in [0.717, 1.165) is 11.1 Å². The zero-order valence-corrected chi connectivity index (χ0v) is 15.8. The van der Waals surface area contributed by atoms with E-state index in [4.69, 9.17) is 14.2 Å². The Morgan fingerprint density at radius 3 is 2.86 bits per heavy atom. The number of benzene rings is 2. The summed E-state index contributed by atoms with van der Waals surface area (Å²) < 4.78 is 15.9. The van der Waals surface area contributed by atoms with Crippen LogP contribution in [0.3, 0.4) is 0 Å². The topological polar surface area (TPSA) is 88.9 Å². The lowest BCUT2D eigenvalue weighted by Gasteiger charge is -2.42. The van der Waals surface area contributed by atoms with Crippen molar-refractivity contribution in [3.05, 3.63) is 59.2 Å². The van der Waals surface area contributed by atoms with Gasteiger partial charge in [-0.3, -0.25) is 9.69 Å². The fraction of sp³-hybridized carbons (Fsp3) is 0.318. The molecule has 0 unspecified atom stereocenters. The van der Waals surface area contributed by atoms with Gasteiger partial charge < -0.3 is 14.2 Å². The first-order valence-corrected chi connectivity index (χ1v) is 9.38. The number of hydrogen-bond acceptors (Lipinski definition) is 7. The van der Waals surface area contributed by atoms with Gasteiger partial charge in [-0.2, -0.15) is 5.26 Å². The summed E-state index contributed by atoms with van der Waals surface area (Å²) in [6, 6.07) is 14.8. The molecule has 1 fully saturated rings. The van der Waals surface area contributed by atoms with Gasteiger partial charge in [0.05, 0.1) is 19.1 Å². The molecular weight excluding hydrogens is 372 g/mol. The molecule has 3 aliphatic rings. The summed E-state index contributed by atoms with van der Waals surface area (Å²) in [5.74, 6) is -0.571. The Hall–Kier alpha value is -3.37. The van der Waals surface area contributed by atoms with E-state index < -0.39 is 17.4 Å². The summed E-state index contributed by atoms with van der Waals surface area (Å²) in [6.07, 6.45) is 0.388. The average Bonchev–Trinajstić information content (AvgIpc) is 3.32. The second kappa shape index (κ2) is 6.33. The lowest BCUT2D eigenvalue weighted by molar-refractivity contribution is -0.153. The van der Waals surface area contributed by atoms with Crippen LogP contribution in [-0.4, -0.2) is 36.1 Å². The number of esters is 1. The molecule has 0 radical (unpaired) electrons. The highest BCUT2D eigenvalue weighted by atomic mass is 16.7. The van der Waals surface area contributed by atoms with Crippen LogP contribution in [0.15, 0.2) is 42.5 Å². The van der Waals surface area contributed by atoms with Crippen LogP contribution in [0.1, 0.15) is 33.9 Å². The monoisotopic (exact) mass is 390 g/mol. The molecule has 29 heavy (non-hydrogen) atoms. The standard InChI is InChI=1S/C22H18N2O5/c1-27-21(26)22-14(10-23)9-17(15-4-2-3-5-16(15)20(22)25)24(22)11-13-6-7-18-19(8-13)29-12-28-18/h2-8,14,17H,9,11-12H2,1H3/t14-,17+,22-/m1/s1. The number of Topliss-reactive ketones (excluding diaryl/α,β-unsaturated/α-hetero) is 1. The van der Waals surface area contributed by atoms with Crippen molar-refractivity contribution in [3.8, 4) is 17.6 Å². The summed E-state index contributed by atoms with van der Waals surface area (Å²) in [5, 5.41) is 9.86. The molecule has 1 saturated heterocycles. The predicted octanol–water partition coefficient (Wildman–Crippen LogP) is 2.61. The Labute approximate surface area is 167 Å². The van der Waals surface area contributed by atoms with Gasteiger partial charge in [-0.25, -0.2) is 4.79 Å². The molecule has 0 spiro atoms. The van der Waals surface area contributed by atoms with Crippen LogP contribution in [0.4, 0.5) is 0 Å². The van der Waals surface area contributed by atoms with Gasteiger partial charge in [-0.1, -0.05) is 30.3 Å². The van der Waals surface area contributed by atoms with Gasteiger partial charge in [0, 0.05) is 18.2 Å². The number of hydrogen-bond donors (Lipinski definition) is 0. The van der Waals surface area contributed by atoms with Crippen LogP contribution >= 0.6 is 0 Å². The molecule has 5 rings (SSSR count). The number of nitriles is 1. The molecule has 2 aromatic carbocycles. The van der Waals surface area contributed by atoms with E-state index >= 15 is 0 Å². The molecule has 3 aliphatic heterocycles. The average molecular weight is 390 g/mol. The molecule has 0 aromatic heterocycles. The third-order valence-electron chi connectivity index (χ3n) is 6.15. The van der Waals surface area contributed by atoms with E-state index in [1.807, 2.05) is 35.2 Å². The number of fused-ring (bicyclic) bond motifs is 5. The summed E-state index contributed by atoms with van der Waals surface area (Å²) in [5.41, 5.74) is 0.537. The highest BCUT2D eigenvalue weighted by molar-refractivity contribution is 6.19. The maximum atomic E-state index is 13.6. The molecule has 0 amide bonds. The van der Waals surface area contributed by atoms with Crippen molar-refractivity contribution >= 4 is 11.8 Å². The van der Waals surface area contributed by atoms with E-state index in [1.165, 1.54) is 7.11 Å². The first-order valence-electron chi connectivity index (χ1n) is 9.38. The molecule has 0 N–H and O–H groups in total. The Bertz CT molecular complexity index is 1080. The van der Waals surface area contributed by atoms with Crippen molar-refractivity contribution in [1.82, 2.24) is 4.90 Å². The first-order chi connectivity index (χ1) is 14.1. The molecule has 2 aromatic rings. The number of carbonyl (C=O) groups is 2. The fourth-order valence-electron chi connectivity index (χ4n) is 4.88. The van der Waals surface area contributed by atoms with Gasteiger partial charge in [-0.05, 0) is 29.7 Å². The number of ether oxygens (including phenoxy) is 3. The van der Waals surface area contributed by atoms with Crippen LogP contribution in [0.2, 0.25) is 0 Å². The zero-order valence-electron chi connectivity index (χ0n) is 15.8. The van der Waals surface area contributed by atoms with Crippen LogP contribution < -0.4 is 9.47 Å². The van der Waals surface area contributed by atoms with Crippen molar-refractivity contribution in [1.29, 1.82) is 5.26 Å². The van der Waals surface area contributed by atoms with Crippen molar-refractivity contribution in [3.63, 3.8) is 0 Å². The van der Waals surface area contributed by atoms with E-state index in [2.05, 4.69) is 6.07 Å². The van der Waals surface area contributed by atoms with Crippen LogP contribution in [0.5, 0.6) is 11.5 Å². The Kier molecular flexibility index (Phi) is 3.86. The van der Waals surface area contributed by atoms with Gasteiger partial charge in [0.15, 0.2) is 22.8 Å². The van der Waals surface area contributed by atoms with E-state index in [1.54, 1.807) is 12.1 Å². The number of rotatable bonds is 3. The molecule has 146 valence electrons. The molecule has 7 heteroatoms. The van der Waals surface area contributed by atoms with Gasteiger partial charge in [-0.15, -0.1) is 0 Å². The van der Waals surface area contributed by atoms with Crippen molar-refractivity contribution in [2.75, 3.05) is 13.9 Å². The molecule has 3 heterocycles.